The largest absolute Gasteiger partial charge is 0.327 e. The van der Waals surface area contributed by atoms with Crippen LogP contribution in [-0.4, -0.2) is 31.1 Å². The van der Waals surface area contributed by atoms with Crippen molar-refractivity contribution < 1.29 is 0 Å². The van der Waals surface area contributed by atoms with Gasteiger partial charge in [0.1, 0.15) is 0 Å². The molecule has 1 aliphatic rings. The van der Waals surface area contributed by atoms with E-state index in [1.807, 2.05) is 0 Å². The molecule has 0 bridgehead atoms. The minimum absolute atomic E-state index is 0.328. The van der Waals surface area contributed by atoms with Crippen molar-refractivity contribution in [2.75, 3.05) is 20.1 Å². The van der Waals surface area contributed by atoms with Gasteiger partial charge in [0.2, 0.25) is 0 Å². The molecule has 1 aliphatic heterocycles. The molecule has 1 heterocycles. The molecule has 2 atom stereocenters. The number of hydrogen-bond acceptors (Lipinski definition) is 2. The average molecular weight is 204 g/mol. The summed E-state index contributed by atoms with van der Waals surface area (Å²) in [5.41, 5.74) is 8.83. The number of rotatable bonds is 1. The van der Waals surface area contributed by atoms with Gasteiger partial charge in [0.15, 0.2) is 0 Å². The fourth-order valence-corrected chi connectivity index (χ4v) is 2.53. The van der Waals surface area contributed by atoms with Gasteiger partial charge in [-0.3, -0.25) is 0 Å². The van der Waals surface area contributed by atoms with Crippen LogP contribution in [-0.2, 0) is 0 Å². The Morgan fingerprint density at radius 1 is 1.33 bits per heavy atom. The first-order valence-corrected chi connectivity index (χ1v) is 5.66. The number of piperidine rings is 1. The van der Waals surface area contributed by atoms with Gasteiger partial charge in [-0.1, -0.05) is 29.8 Å². The fourth-order valence-electron chi connectivity index (χ4n) is 2.53. The monoisotopic (exact) mass is 204 g/mol. The molecular formula is C13H20N2. The SMILES string of the molecule is Cc1cccc(C2CC(N)CN(C)C2)c1. The maximum Gasteiger partial charge on any atom is 0.0174 e. The lowest BCUT2D eigenvalue weighted by Gasteiger charge is -2.34. The van der Waals surface area contributed by atoms with E-state index in [9.17, 15) is 0 Å². The summed E-state index contributed by atoms with van der Waals surface area (Å²) in [7, 11) is 2.15. The Hall–Kier alpha value is -0.860. The molecule has 1 fully saturated rings. The number of hydrogen-bond donors (Lipinski definition) is 1. The summed E-state index contributed by atoms with van der Waals surface area (Å²) in [5, 5.41) is 0. The summed E-state index contributed by atoms with van der Waals surface area (Å²) in [6.07, 6.45) is 1.12. The average Bonchev–Trinajstić information content (AvgIpc) is 2.16. The third-order valence-electron chi connectivity index (χ3n) is 3.18. The Balaban J connectivity index is 2.16. The van der Waals surface area contributed by atoms with Crippen LogP contribution in [0.5, 0.6) is 0 Å². The van der Waals surface area contributed by atoms with Crippen molar-refractivity contribution in [3.8, 4) is 0 Å². The predicted octanol–water partition coefficient (Wildman–Crippen LogP) is 1.74. The minimum atomic E-state index is 0.328. The van der Waals surface area contributed by atoms with Crippen LogP contribution in [0.1, 0.15) is 23.5 Å². The lowest BCUT2D eigenvalue weighted by molar-refractivity contribution is 0.227. The van der Waals surface area contributed by atoms with Crippen molar-refractivity contribution in [2.24, 2.45) is 5.73 Å². The highest BCUT2D eigenvalue weighted by Crippen LogP contribution is 2.26. The van der Waals surface area contributed by atoms with Crippen molar-refractivity contribution in [1.82, 2.24) is 4.90 Å². The molecule has 2 unspecified atom stereocenters. The summed E-state index contributed by atoms with van der Waals surface area (Å²) in [5.74, 6) is 0.610. The van der Waals surface area contributed by atoms with Crippen LogP contribution in [0.3, 0.4) is 0 Å². The molecule has 2 heteroatoms. The molecule has 2 rings (SSSR count). The third-order valence-corrected chi connectivity index (χ3v) is 3.18. The maximum absolute atomic E-state index is 6.05. The molecular weight excluding hydrogens is 184 g/mol. The van der Waals surface area contributed by atoms with E-state index in [2.05, 4.69) is 43.1 Å². The molecule has 0 aromatic heterocycles. The molecule has 0 saturated carbocycles. The molecule has 0 aliphatic carbocycles. The number of aryl methyl sites for hydroxylation is 1. The van der Waals surface area contributed by atoms with Crippen LogP contribution in [0.25, 0.3) is 0 Å². The molecule has 0 spiro atoms. The lowest BCUT2D eigenvalue weighted by atomic mass is 9.88. The second-order valence-electron chi connectivity index (χ2n) is 4.83. The molecule has 0 radical (unpaired) electrons. The molecule has 1 aromatic carbocycles. The van der Waals surface area contributed by atoms with E-state index in [1.165, 1.54) is 11.1 Å². The highest BCUT2D eigenvalue weighted by atomic mass is 15.1. The van der Waals surface area contributed by atoms with E-state index >= 15 is 0 Å². The summed E-state index contributed by atoms with van der Waals surface area (Å²) in [6.45, 7) is 4.31. The number of benzene rings is 1. The number of nitrogens with two attached hydrogens (primary N) is 1. The topological polar surface area (TPSA) is 29.3 Å². The van der Waals surface area contributed by atoms with E-state index in [4.69, 9.17) is 5.73 Å². The smallest absolute Gasteiger partial charge is 0.0174 e. The molecule has 0 amide bonds. The van der Waals surface area contributed by atoms with Gasteiger partial charge in [0, 0.05) is 19.1 Å². The summed E-state index contributed by atoms with van der Waals surface area (Å²) < 4.78 is 0. The molecule has 2 N–H and O–H groups in total. The van der Waals surface area contributed by atoms with Crippen molar-refractivity contribution in [3.63, 3.8) is 0 Å². The lowest BCUT2D eigenvalue weighted by Crippen LogP contribution is -2.44. The Kier molecular flexibility index (Phi) is 3.08. The highest BCUT2D eigenvalue weighted by molar-refractivity contribution is 5.26. The first-order valence-electron chi connectivity index (χ1n) is 5.66. The number of likely N-dealkylation sites (N-methyl/N-ethyl adjacent to an activating group) is 1. The van der Waals surface area contributed by atoms with E-state index in [-0.39, 0.29) is 0 Å². The van der Waals surface area contributed by atoms with E-state index in [1.54, 1.807) is 0 Å². The Bertz CT molecular complexity index is 325. The van der Waals surface area contributed by atoms with Gasteiger partial charge in [-0.2, -0.15) is 0 Å². The van der Waals surface area contributed by atoms with Crippen LogP contribution >= 0.6 is 0 Å². The quantitative estimate of drug-likeness (QED) is 0.755. The molecule has 82 valence electrons. The summed E-state index contributed by atoms with van der Waals surface area (Å²) in [4.78, 5) is 2.33. The standard InChI is InChI=1S/C13H20N2/c1-10-4-3-5-11(6-10)12-7-13(14)9-15(2)8-12/h3-6,12-13H,7-9,14H2,1-2H3. The second kappa shape index (κ2) is 4.33. The van der Waals surface area contributed by atoms with Crippen molar-refractivity contribution in [3.05, 3.63) is 35.4 Å². The van der Waals surface area contributed by atoms with Crippen LogP contribution in [0, 0.1) is 6.92 Å². The van der Waals surface area contributed by atoms with E-state index in [0.717, 1.165) is 19.5 Å². The fraction of sp³-hybridized carbons (Fsp3) is 0.538. The van der Waals surface area contributed by atoms with E-state index < -0.39 is 0 Å². The minimum Gasteiger partial charge on any atom is -0.327 e. The molecule has 1 saturated heterocycles. The van der Waals surface area contributed by atoms with Crippen molar-refractivity contribution in [2.45, 2.75) is 25.3 Å². The van der Waals surface area contributed by atoms with Crippen molar-refractivity contribution >= 4 is 0 Å². The van der Waals surface area contributed by atoms with Gasteiger partial charge in [0.25, 0.3) is 0 Å². The van der Waals surface area contributed by atoms with E-state index in [0.29, 0.717) is 12.0 Å². The third kappa shape index (κ3) is 2.58. The van der Waals surface area contributed by atoms with Gasteiger partial charge >= 0.3 is 0 Å². The Morgan fingerprint density at radius 2 is 2.13 bits per heavy atom. The van der Waals surface area contributed by atoms with Gasteiger partial charge in [-0.05, 0) is 31.9 Å². The summed E-state index contributed by atoms with van der Waals surface area (Å²) >= 11 is 0. The van der Waals surface area contributed by atoms with Crippen LogP contribution in [0.2, 0.25) is 0 Å². The first-order chi connectivity index (χ1) is 7.15. The van der Waals surface area contributed by atoms with Gasteiger partial charge in [-0.15, -0.1) is 0 Å². The first kappa shape index (κ1) is 10.7. The molecule has 1 aromatic rings. The Morgan fingerprint density at radius 3 is 2.80 bits per heavy atom. The second-order valence-corrected chi connectivity index (χ2v) is 4.83. The predicted molar refractivity (Wildman–Crippen MR) is 64.0 cm³/mol. The number of nitrogens with zero attached hydrogens (tertiary/aromatic N) is 1. The molecule has 15 heavy (non-hydrogen) atoms. The normalized spacial score (nSPS) is 27.9. The van der Waals surface area contributed by atoms with Crippen LogP contribution < -0.4 is 5.73 Å². The highest BCUT2D eigenvalue weighted by Gasteiger charge is 2.23. The zero-order valence-electron chi connectivity index (χ0n) is 9.61. The number of likely N-dealkylation sites (tertiary alicyclic amines) is 1. The zero-order chi connectivity index (χ0) is 10.8. The van der Waals surface area contributed by atoms with Crippen LogP contribution in [0.15, 0.2) is 24.3 Å². The zero-order valence-corrected chi connectivity index (χ0v) is 9.61. The van der Waals surface area contributed by atoms with Gasteiger partial charge in [0.05, 0.1) is 0 Å². The maximum atomic E-state index is 6.05. The molecule has 2 nitrogen and oxygen atoms in total. The van der Waals surface area contributed by atoms with Crippen LogP contribution in [0.4, 0.5) is 0 Å². The Labute approximate surface area is 92.1 Å². The van der Waals surface area contributed by atoms with Gasteiger partial charge < -0.3 is 10.6 Å². The summed E-state index contributed by atoms with van der Waals surface area (Å²) in [6, 6.07) is 9.13. The van der Waals surface area contributed by atoms with Gasteiger partial charge in [-0.25, -0.2) is 0 Å². The van der Waals surface area contributed by atoms with Crippen molar-refractivity contribution in [1.29, 1.82) is 0 Å².